The van der Waals surface area contributed by atoms with Crippen LogP contribution < -0.4 is 0 Å². The highest BCUT2D eigenvalue weighted by Gasteiger charge is 2.50. The molecule has 0 aromatic heterocycles. The third kappa shape index (κ3) is 6.45. The molecule has 0 bridgehead atoms. The predicted octanol–water partition coefficient (Wildman–Crippen LogP) is 4.54. The van der Waals surface area contributed by atoms with Gasteiger partial charge in [0.15, 0.2) is 5.78 Å². The van der Waals surface area contributed by atoms with Crippen LogP contribution >= 0.6 is 0 Å². The summed E-state index contributed by atoms with van der Waals surface area (Å²) in [5.74, 6) is 0.160. The van der Waals surface area contributed by atoms with Crippen LogP contribution in [0.15, 0.2) is 0 Å². The third-order valence-corrected chi connectivity index (χ3v) is 4.71. The molecule has 4 nitrogen and oxygen atoms in total. The highest BCUT2D eigenvalue weighted by Crippen LogP contribution is 2.39. The molecule has 0 saturated heterocycles. The molecular weight excluding hydrogens is 304 g/mol. The maximum absolute atomic E-state index is 12.7. The molecule has 142 valence electrons. The van der Waals surface area contributed by atoms with Crippen molar-refractivity contribution in [2.24, 2.45) is 5.41 Å². The SMILES string of the molecule is CCCCO[C@@H]1[C@@H](OCCCC)C(C)(C)CC(=O)[C@@H]1OCCCC. The first-order chi connectivity index (χ1) is 11.5. The van der Waals surface area contributed by atoms with Crippen LogP contribution in [0, 0.1) is 5.41 Å². The minimum Gasteiger partial charge on any atom is -0.375 e. The first kappa shape index (κ1) is 21.6. The molecule has 0 N–H and O–H groups in total. The van der Waals surface area contributed by atoms with Gasteiger partial charge in [0.05, 0.1) is 6.10 Å². The van der Waals surface area contributed by atoms with Gasteiger partial charge >= 0.3 is 0 Å². The van der Waals surface area contributed by atoms with E-state index in [-0.39, 0.29) is 23.4 Å². The zero-order valence-corrected chi connectivity index (χ0v) is 16.4. The second kappa shape index (κ2) is 11.2. The van der Waals surface area contributed by atoms with Crippen molar-refractivity contribution >= 4 is 5.78 Å². The highest BCUT2D eigenvalue weighted by atomic mass is 16.6. The molecule has 0 aromatic rings. The van der Waals surface area contributed by atoms with Crippen LogP contribution in [-0.4, -0.2) is 43.9 Å². The van der Waals surface area contributed by atoms with E-state index in [1.807, 2.05) is 0 Å². The van der Waals surface area contributed by atoms with Gasteiger partial charge in [-0.1, -0.05) is 53.9 Å². The lowest BCUT2D eigenvalue weighted by molar-refractivity contribution is -0.197. The normalized spacial score (nSPS) is 26.7. The summed E-state index contributed by atoms with van der Waals surface area (Å²) in [7, 11) is 0. The number of carbonyl (C=O) groups is 1. The first-order valence-electron chi connectivity index (χ1n) is 9.85. The van der Waals surface area contributed by atoms with Gasteiger partial charge < -0.3 is 14.2 Å². The number of unbranched alkanes of at least 4 members (excludes halogenated alkanes) is 3. The van der Waals surface area contributed by atoms with Gasteiger partial charge in [0.1, 0.15) is 12.2 Å². The van der Waals surface area contributed by atoms with Gasteiger partial charge in [0.2, 0.25) is 0 Å². The second-order valence-corrected chi connectivity index (χ2v) is 7.61. The number of carbonyl (C=O) groups excluding carboxylic acids is 1. The number of Topliss-reactive ketones (excluding diaryl/α,β-unsaturated/α-hetero) is 1. The maximum Gasteiger partial charge on any atom is 0.164 e. The van der Waals surface area contributed by atoms with Crippen LogP contribution in [0.3, 0.4) is 0 Å². The number of rotatable bonds is 12. The summed E-state index contributed by atoms with van der Waals surface area (Å²) in [6.07, 6.45) is 5.86. The van der Waals surface area contributed by atoms with E-state index in [0.717, 1.165) is 38.5 Å². The largest absolute Gasteiger partial charge is 0.375 e. The molecule has 0 amide bonds. The summed E-state index contributed by atoms with van der Waals surface area (Å²) in [6.45, 7) is 12.6. The molecule has 1 rings (SSSR count). The lowest BCUT2D eigenvalue weighted by atomic mass is 9.71. The average Bonchev–Trinajstić information content (AvgIpc) is 2.52. The van der Waals surface area contributed by atoms with Crippen molar-refractivity contribution in [3.8, 4) is 0 Å². The molecule has 0 aliphatic heterocycles. The Hall–Kier alpha value is -0.450. The molecule has 4 heteroatoms. The zero-order chi connectivity index (χ0) is 18.0. The van der Waals surface area contributed by atoms with Gasteiger partial charge in [-0.2, -0.15) is 0 Å². The van der Waals surface area contributed by atoms with Crippen LogP contribution in [0.2, 0.25) is 0 Å². The fourth-order valence-corrected chi connectivity index (χ4v) is 3.19. The summed E-state index contributed by atoms with van der Waals surface area (Å²) >= 11 is 0. The van der Waals surface area contributed by atoms with Crippen molar-refractivity contribution in [2.45, 2.75) is 97.9 Å². The number of hydrogen-bond donors (Lipinski definition) is 0. The summed E-state index contributed by atoms with van der Waals surface area (Å²) in [5.41, 5.74) is -0.216. The van der Waals surface area contributed by atoms with E-state index in [1.165, 1.54) is 0 Å². The Balaban J connectivity index is 2.86. The summed E-state index contributed by atoms with van der Waals surface area (Å²) in [5, 5.41) is 0. The minimum absolute atomic E-state index is 0.0924. The molecule has 0 spiro atoms. The maximum atomic E-state index is 12.7. The molecule has 0 aromatic carbocycles. The van der Waals surface area contributed by atoms with Crippen molar-refractivity contribution < 1.29 is 19.0 Å². The van der Waals surface area contributed by atoms with E-state index in [2.05, 4.69) is 34.6 Å². The Morgan fingerprint density at radius 2 is 1.38 bits per heavy atom. The molecule has 0 heterocycles. The van der Waals surface area contributed by atoms with E-state index >= 15 is 0 Å². The van der Waals surface area contributed by atoms with Crippen LogP contribution in [0.5, 0.6) is 0 Å². The van der Waals surface area contributed by atoms with E-state index in [1.54, 1.807) is 0 Å². The standard InChI is InChI=1S/C20H38O4/c1-6-9-12-22-17-16(21)15-20(4,5)19(24-14-11-8-3)18(17)23-13-10-7-2/h17-19H,6-15H2,1-5H3/t17-,18-,19+/m0/s1. The van der Waals surface area contributed by atoms with E-state index < -0.39 is 6.10 Å². The van der Waals surface area contributed by atoms with E-state index in [0.29, 0.717) is 26.2 Å². The van der Waals surface area contributed by atoms with E-state index in [4.69, 9.17) is 14.2 Å². The van der Waals surface area contributed by atoms with Crippen molar-refractivity contribution in [1.82, 2.24) is 0 Å². The van der Waals surface area contributed by atoms with Gasteiger partial charge in [0, 0.05) is 31.7 Å². The van der Waals surface area contributed by atoms with Crippen LogP contribution in [0.4, 0.5) is 0 Å². The molecule has 24 heavy (non-hydrogen) atoms. The minimum atomic E-state index is -0.479. The zero-order valence-electron chi connectivity index (χ0n) is 16.4. The smallest absolute Gasteiger partial charge is 0.164 e. The fourth-order valence-electron chi connectivity index (χ4n) is 3.19. The average molecular weight is 343 g/mol. The topological polar surface area (TPSA) is 44.8 Å². The number of ether oxygens (including phenoxy) is 3. The number of ketones is 1. The first-order valence-corrected chi connectivity index (χ1v) is 9.85. The van der Waals surface area contributed by atoms with Crippen molar-refractivity contribution in [2.75, 3.05) is 19.8 Å². The monoisotopic (exact) mass is 342 g/mol. The van der Waals surface area contributed by atoms with Gasteiger partial charge in [-0.15, -0.1) is 0 Å². The molecule has 1 saturated carbocycles. The molecule has 1 fully saturated rings. The summed E-state index contributed by atoms with van der Waals surface area (Å²) < 4.78 is 18.3. The molecule has 1 aliphatic rings. The molecule has 1 aliphatic carbocycles. The Morgan fingerprint density at radius 1 is 0.875 bits per heavy atom. The predicted molar refractivity (Wildman–Crippen MR) is 97.3 cm³/mol. The van der Waals surface area contributed by atoms with Crippen molar-refractivity contribution in [3.63, 3.8) is 0 Å². The van der Waals surface area contributed by atoms with Crippen LogP contribution in [-0.2, 0) is 19.0 Å². The Bertz CT molecular complexity index is 354. The molecule has 0 unspecified atom stereocenters. The lowest BCUT2D eigenvalue weighted by Gasteiger charge is -2.46. The highest BCUT2D eigenvalue weighted by molar-refractivity contribution is 5.85. The Kier molecular flexibility index (Phi) is 10.1. The molecule has 3 atom stereocenters. The van der Waals surface area contributed by atoms with Crippen LogP contribution in [0.25, 0.3) is 0 Å². The quantitative estimate of drug-likeness (QED) is 0.488. The molecule has 0 radical (unpaired) electrons. The second-order valence-electron chi connectivity index (χ2n) is 7.61. The van der Waals surface area contributed by atoms with Crippen molar-refractivity contribution in [1.29, 1.82) is 0 Å². The number of hydrogen-bond acceptors (Lipinski definition) is 4. The van der Waals surface area contributed by atoms with Gasteiger partial charge in [-0.05, 0) is 19.3 Å². The van der Waals surface area contributed by atoms with Crippen molar-refractivity contribution in [3.05, 3.63) is 0 Å². The Morgan fingerprint density at radius 3 is 1.92 bits per heavy atom. The van der Waals surface area contributed by atoms with Gasteiger partial charge in [-0.25, -0.2) is 0 Å². The molecular formula is C20H38O4. The van der Waals surface area contributed by atoms with Gasteiger partial charge in [0.25, 0.3) is 0 Å². The lowest BCUT2D eigenvalue weighted by Crippen LogP contribution is -2.58. The third-order valence-electron chi connectivity index (χ3n) is 4.71. The summed E-state index contributed by atoms with van der Waals surface area (Å²) in [4.78, 5) is 12.7. The van der Waals surface area contributed by atoms with E-state index in [9.17, 15) is 4.79 Å². The summed E-state index contributed by atoms with van der Waals surface area (Å²) in [6, 6.07) is 0. The van der Waals surface area contributed by atoms with Crippen LogP contribution in [0.1, 0.15) is 79.6 Å². The fraction of sp³-hybridized carbons (Fsp3) is 0.950. The van der Waals surface area contributed by atoms with Gasteiger partial charge in [-0.3, -0.25) is 4.79 Å². The Labute approximate surface area is 148 Å².